The Hall–Kier alpha value is -2.18. The molecule has 2 aromatic heterocycles. The van der Waals surface area contributed by atoms with Gasteiger partial charge in [-0.1, -0.05) is 6.07 Å². The molecule has 3 heterocycles. The fraction of sp³-hybridized carbons (Fsp3) is 0.545. The highest BCUT2D eigenvalue weighted by molar-refractivity contribution is 5.94. The Balaban J connectivity index is 1.50. The van der Waals surface area contributed by atoms with Gasteiger partial charge in [-0.05, 0) is 38.3 Å². The average molecular weight is 383 g/mol. The van der Waals surface area contributed by atoms with Crippen molar-refractivity contribution in [1.29, 1.82) is 0 Å². The maximum absolute atomic E-state index is 11.7. The number of carbonyl (C=O) groups excluding carboxylic acids is 1. The van der Waals surface area contributed by atoms with E-state index in [-0.39, 0.29) is 17.5 Å². The van der Waals surface area contributed by atoms with Gasteiger partial charge in [-0.15, -0.1) is 0 Å². The third-order valence-electron chi connectivity index (χ3n) is 6.46. The highest BCUT2D eigenvalue weighted by atomic mass is 16.5. The second kappa shape index (κ2) is 7.68. The minimum absolute atomic E-state index is 0.0987. The number of ketones is 1. The summed E-state index contributed by atoms with van der Waals surface area (Å²) in [7, 11) is 3.85. The van der Waals surface area contributed by atoms with Gasteiger partial charge in [0.1, 0.15) is 6.10 Å². The van der Waals surface area contributed by atoms with Gasteiger partial charge < -0.3 is 14.0 Å². The van der Waals surface area contributed by atoms with Crippen LogP contribution in [0, 0.1) is 0 Å². The normalized spacial score (nSPS) is 27.5. The average Bonchev–Trinajstić information content (AvgIpc) is 3.25. The smallest absolute Gasteiger partial charge is 0.213 e. The Morgan fingerprint density at radius 2 is 2.21 bits per heavy atom. The lowest BCUT2D eigenvalue weighted by Gasteiger charge is -2.43. The van der Waals surface area contributed by atoms with Crippen LogP contribution in [0.25, 0.3) is 0 Å². The summed E-state index contributed by atoms with van der Waals surface area (Å²) in [6.07, 6.45) is 7.77. The number of methoxy groups -OCH3 is 1. The van der Waals surface area contributed by atoms with Crippen LogP contribution < -0.4 is 4.74 Å². The molecule has 2 fully saturated rings. The van der Waals surface area contributed by atoms with Crippen LogP contribution >= 0.6 is 0 Å². The number of pyridine rings is 1. The molecule has 0 radical (unpaired) electrons. The molecular weight excluding hydrogens is 354 g/mol. The van der Waals surface area contributed by atoms with Crippen molar-refractivity contribution < 1.29 is 14.3 Å². The fourth-order valence-corrected chi connectivity index (χ4v) is 4.81. The number of aromatic nitrogens is 2. The van der Waals surface area contributed by atoms with Gasteiger partial charge >= 0.3 is 0 Å². The second-order valence-electron chi connectivity index (χ2n) is 8.07. The van der Waals surface area contributed by atoms with E-state index in [2.05, 4.69) is 14.5 Å². The summed E-state index contributed by atoms with van der Waals surface area (Å²) in [5.41, 5.74) is 1.83. The van der Waals surface area contributed by atoms with Crippen LogP contribution in [0.3, 0.4) is 0 Å². The molecule has 1 aliphatic heterocycles. The van der Waals surface area contributed by atoms with E-state index in [1.54, 1.807) is 13.1 Å². The fourth-order valence-electron chi connectivity index (χ4n) is 4.81. The molecule has 1 saturated heterocycles. The Bertz CT molecular complexity index is 835. The van der Waals surface area contributed by atoms with E-state index in [1.165, 1.54) is 0 Å². The molecule has 0 unspecified atom stereocenters. The number of hydrogen-bond donors (Lipinski definition) is 0. The van der Waals surface area contributed by atoms with Gasteiger partial charge in [0.2, 0.25) is 5.88 Å². The zero-order valence-corrected chi connectivity index (χ0v) is 16.9. The first kappa shape index (κ1) is 19.2. The zero-order valence-electron chi connectivity index (χ0n) is 16.9. The number of carbonyl (C=O) groups is 1. The number of hydrogen-bond acceptors (Lipinski definition) is 5. The predicted octanol–water partition coefficient (Wildman–Crippen LogP) is 3.21. The standard InChI is InChI=1S/C22H29N3O3/c1-16(26)17-12-18(24(2)14-17)15-25-11-9-22(27-3)8-7-19(13-20(22)25)28-21-6-4-5-10-23-21/h4-6,10,12,14,19-20H,7-9,11,13,15H2,1-3H3/t19-,20-,22+/m0/s1. The largest absolute Gasteiger partial charge is 0.474 e. The summed E-state index contributed by atoms with van der Waals surface area (Å²) in [5, 5.41) is 0. The van der Waals surface area contributed by atoms with Gasteiger partial charge in [-0.3, -0.25) is 9.69 Å². The third-order valence-corrected chi connectivity index (χ3v) is 6.46. The van der Waals surface area contributed by atoms with Gasteiger partial charge in [-0.2, -0.15) is 0 Å². The van der Waals surface area contributed by atoms with Crippen LogP contribution in [0.15, 0.2) is 36.7 Å². The number of likely N-dealkylation sites (tertiary alicyclic amines) is 1. The van der Waals surface area contributed by atoms with Crippen molar-refractivity contribution in [2.24, 2.45) is 7.05 Å². The second-order valence-corrected chi connectivity index (χ2v) is 8.07. The molecule has 0 aromatic carbocycles. The maximum atomic E-state index is 11.7. The number of nitrogens with zero attached hydrogens (tertiary/aromatic N) is 3. The Morgan fingerprint density at radius 1 is 1.36 bits per heavy atom. The summed E-state index contributed by atoms with van der Waals surface area (Å²) in [6, 6.07) is 8.08. The molecule has 6 nitrogen and oxygen atoms in total. The first-order valence-electron chi connectivity index (χ1n) is 10.0. The molecule has 3 atom stereocenters. The van der Waals surface area contributed by atoms with Gasteiger partial charge in [-0.25, -0.2) is 4.98 Å². The number of fused-ring (bicyclic) bond motifs is 1. The summed E-state index contributed by atoms with van der Waals surface area (Å²) in [6.45, 7) is 3.43. The lowest BCUT2D eigenvalue weighted by atomic mass is 9.79. The lowest BCUT2D eigenvalue weighted by molar-refractivity contribution is -0.0845. The highest BCUT2D eigenvalue weighted by Gasteiger charge is 2.51. The van der Waals surface area contributed by atoms with Crippen molar-refractivity contribution in [3.8, 4) is 5.88 Å². The number of Topliss-reactive ketones (excluding diaryl/α,β-unsaturated/α-hetero) is 1. The van der Waals surface area contributed by atoms with E-state index in [0.29, 0.717) is 11.9 Å². The quantitative estimate of drug-likeness (QED) is 0.717. The first-order chi connectivity index (χ1) is 13.5. The summed E-state index contributed by atoms with van der Waals surface area (Å²) in [5.74, 6) is 0.798. The molecule has 0 N–H and O–H groups in total. The maximum Gasteiger partial charge on any atom is 0.213 e. The Kier molecular flexibility index (Phi) is 5.25. The van der Waals surface area contributed by atoms with Gasteiger partial charge in [0.25, 0.3) is 0 Å². The van der Waals surface area contributed by atoms with Crippen LogP contribution in [0.1, 0.15) is 48.7 Å². The summed E-state index contributed by atoms with van der Waals surface area (Å²) in [4.78, 5) is 18.5. The van der Waals surface area contributed by atoms with Crippen LogP contribution in [0.4, 0.5) is 0 Å². The van der Waals surface area contributed by atoms with Crippen LogP contribution in [0.2, 0.25) is 0 Å². The molecule has 0 amide bonds. The van der Waals surface area contributed by atoms with Crippen molar-refractivity contribution >= 4 is 5.78 Å². The van der Waals surface area contributed by atoms with Crippen LogP contribution in [-0.2, 0) is 18.3 Å². The van der Waals surface area contributed by atoms with E-state index < -0.39 is 0 Å². The van der Waals surface area contributed by atoms with E-state index in [1.807, 2.05) is 44.6 Å². The SMILES string of the molecule is CO[C@@]12CC[C@H](Oc3ccccn3)C[C@@H]1N(Cc1cc(C(C)=O)cn1C)CC2. The summed E-state index contributed by atoms with van der Waals surface area (Å²) < 4.78 is 14.3. The molecule has 4 rings (SSSR count). The molecule has 0 bridgehead atoms. The molecule has 28 heavy (non-hydrogen) atoms. The van der Waals surface area contributed by atoms with Crippen LogP contribution in [0.5, 0.6) is 5.88 Å². The number of ether oxygens (including phenoxy) is 2. The van der Waals surface area contributed by atoms with Gasteiger partial charge in [0.15, 0.2) is 5.78 Å². The van der Waals surface area contributed by atoms with E-state index in [9.17, 15) is 4.79 Å². The Labute approximate surface area is 166 Å². The van der Waals surface area contributed by atoms with Crippen LogP contribution in [-0.4, -0.2) is 51.6 Å². The minimum Gasteiger partial charge on any atom is -0.474 e. The van der Waals surface area contributed by atoms with Crippen molar-refractivity contribution in [3.05, 3.63) is 47.9 Å². The van der Waals surface area contributed by atoms with Crippen molar-refractivity contribution in [1.82, 2.24) is 14.5 Å². The summed E-state index contributed by atoms with van der Waals surface area (Å²) >= 11 is 0. The van der Waals surface area contributed by atoms with E-state index in [0.717, 1.165) is 50.0 Å². The molecule has 1 aliphatic carbocycles. The molecule has 150 valence electrons. The molecule has 2 aromatic rings. The van der Waals surface area contributed by atoms with Gasteiger partial charge in [0, 0.05) is 69.4 Å². The zero-order chi connectivity index (χ0) is 19.7. The van der Waals surface area contributed by atoms with E-state index >= 15 is 0 Å². The van der Waals surface area contributed by atoms with Crippen molar-refractivity contribution in [2.45, 2.75) is 56.9 Å². The monoisotopic (exact) mass is 383 g/mol. The van der Waals surface area contributed by atoms with E-state index in [4.69, 9.17) is 9.47 Å². The molecular formula is C22H29N3O3. The van der Waals surface area contributed by atoms with Crippen molar-refractivity contribution in [3.63, 3.8) is 0 Å². The minimum atomic E-state index is -0.0987. The highest BCUT2D eigenvalue weighted by Crippen LogP contribution is 2.43. The predicted molar refractivity (Wildman–Crippen MR) is 106 cm³/mol. The molecule has 2 aliphatic rings. The topological polar surface area (TPSA) is 56.6 Å². The number of rotatable bonds is 6. The lowest BCUT2D eigenvalue weighted by Crippen LogP contribution is -2.52. The van der Waals surface area contributed by atoms with Crippen molar-refractivity contribution in [2.75, 3.05) is 13.7 Å². The molecule has 1 saturated carbocycles. The molecule has 6 heteroatoms. The molecule has 0 spiro atoms. The third kappa shape index (κ3) is 3.59. The Morgan fingerprint density at radius 3 is 2.89 bits per heavy atom. The first-order valence-corrected chi connectivity index (χ1v) is 10.0. The van der Waals surface area contributed by atoms with Gasteiger partial charge in [0.05, 0.1) is 5.60 Å². The number of aryl methyl sites for hydroxylation is 1.